The minimum atomic E-state index is -0.443. The maximum Gasteiger partial charge on any atom is 0.243 e. The van der Waals surface area contributed by atoms with Crippen LogP contribution in [0.5, 0.6) is 0 Å². The average Bonchev–Trinajstić information content (AvgIpc) is 2.95. The molecule has 6 heteroatoms. The van der Waals surface area contributed by atoms with Gasteiger partial charge in [-0.15, -0.1) is 11.8 Å². The van der Waals surface area contributed by atoms with Crippen molar-refractivity contribution >= 4 is 23.6 Å². The molecule has 0 radical (unpaired) electrons. The molecule has 0 unspecified atom stereocenters. The minimum absolute atomic E-state index is 0.0357. The lowest BCUT2D eigenvalue weighted by molar-refractivity contribution is -0.138. The zero-order chi connectivity index (χ0) is 15.0. The van der Waals surface area contributed by atoms with Gasteiger partial charge in [0, 0.05) is 24.3 Å². The molecule has 0 aromatic heterocycles. The van der Waals surface area contributed by atoms with E-state index in [1.807, 2.05) is 6.92 Å². The molecule has 1 N–H and O–H groups in total. The molecule has 0 aliphatic carbocycles. The van der Waals surface area contributed by atoms with Crippen LogP contribution in [0.25, 0.3) is 0 Å². The van der Waals surface area contributed by atoms with Crippen molar-refractivity contribution in [3.8, 4) is 0 Å². The summed E-state index contributed by atoms with van der Waals surface area (Å²) in [6.45, 7) is 2.15. The number of thioether (sulfide) groups is 1. The molecule has 3 rings (SSSR count). The van der Waals surface area contributed by atoms with Crippen molar-refractivity contribution < 1.29 is 14.0 Å². The first-order chi connectivity index (χ1) is 10.0. The number of hydrogen-bond acceptors (Lipinski definition) is 3. The van der Waals surface area contributed by atoms with Crippen LogP contribution in [-0.2, 0) is 16.1 Å². The summed E-state index contributed by atoms with van der Waals surface area (Å²) >= 11 is 1.65. The van der Waals surface area contributed by atoms with Gasteiger partial charge in [-0.1, -0.05) is 18.2 Å². The van der Waals surface area contributed by atoms with Crippen molar-refractivity contribution in [2.75, 3.05) is 5.75 Å². The van der Waals surface area contributed by atoms with Crippen molar-refractivity contribution in [2.45, 2.75) is 37.2 Å². The Morgan fingerprint density at radius 2 is 2.29 bits per heavy atom. The molecule has 1 aromatic rings. The lowest BCUT2D eigenvalue weighted by Gasteiger charge is -2.29. The Morgan fingerprint density at radius 1 is 1.52 bits per heavy atom. The second kappa shape index (κ2) is 5.33. The first kappa shape index (κ1) is 14.4. The quantitative estimate of drug-likeness (QED) is 0.928. The summed E-state index contributed by atoms with van der Waals surface area (Å²) in [4.78, 5) is 25.7. The predicted molar refractivity (Wildman–Crippen MR) is 79.0 cm³/mol. The number of carbonyl (C=O) groups is 2. The van der Waals surface area contributed by atoms with Crippen LogP contribution in [0.4, 0.5) is 4.39 Å². The van der Waals surface area contributed by atoms with Gasteiger partial charge in [0.1, 0.15) is 11.9 Å². The highest BCUT2D eigenvalue weighted by Crippen LogP contribution is 2.47. The fourth-order valence-electron chi connectivity index (χ4n) is 2.96. The van der Waals surface area contributed by atoms with Crippen LogP contribution in [0.3, 0.4) is 0 Å². The number of benzene rings is 1. The van der Waals surface area contributed by atoms with Gasteiger partial charge in [0.2, 0.25) is 11.8 Å². The van der Waals surface area contributed by atoms with Crippen LogP contribution in [0.1, 0.15) is 25.3 Å². The molecule has 2 atom stereocenters. The zero-order valence-corrected chi connectivity index (χ0v) is 12.6. The maximum absolute atomic E-state index is 13.5. The van der Waals surface area contributed by atoms with Crippen molar-refractivity contribution in [2.24, 2.45) is 0 Å². The van der Waals surface area contributed by atoms with Crippen molar-refractivity contribution in [3.63, 3.8) is 0 Å². The van der Waals surface area contributed by atoms with E-state index >= 15 is 0 Å². The second-order valence-electron chi connectivity index (χ2n) is 5.57. The van der Waals surface area contributed by atoms with Gasteiger partial charge in [-0.3, -0.25) is 9.59 Å². The second-order valence-corrected chi connectivity index (χ2v) is 7.08. The molecule has 2 amide bonds. The third kappa shape index (κ3) is 2.52. The van der Waals surface area contributed by atoms with E-state index < -0.39 is 6.04 Å². The van der Waals surface area contributed by atoms with Crippen LogP contribution >= 0.6 is 11.8 Å². The lowest BCUT2D eigenvalue weighted by atomic mass is 10.2. The lowest BCUT2D eigenvalue weighted by Crippen LogP contribution is -2.49. The van der Waals surface area contributed by atoms with Gasteiger partial charge in [-0.2, -0.15) is 0 Å². The van der Waals surface area contributed by atoms with Crippen LogP contribution in [0, 0.1) is 5.82 Å². The Bertz CT molecular complexity index is 595. The summed E-state index contributed by atoms with van der Waals surface area (Å²) in [6, 6.07) is 5.92. The number of nitrogens with zero attached hydrogens (tertiary/aromatic N) is 1. The molecule has 2 aliphatic heterocycles. The summed E-state index contributed by atoms with van der Waals surface area (Å²) in [5.74, 6) is 0.102. The van der Waals surface area contributed by atoms with E-state index in [0.717, 1.165) is 6.42 Å². The Kier molecular flexibility index (Phi) is 3.65. The van der Waals surface area contributed by atoms with E-state index in [2.05, 4.69) is 5.32 Å². The maximum atomic E-state index is 13.5. The Labute approximate surface area is 127 Å². The molecule has 2 heterocycles. The molecule has 21 heavy (non-hydrogen) atoms. The summed E-state index contributed by atoms with van der Waals surface area (Å²) in [7, 11) is 0. The minimum Gasteiger partial charge on any atom is -0.350 e. The highest BCUT2D eigenvalue weighted by atomic mass is 32.2. The number of halogens is 1. The SMILES string of the molecule is C[C@]12CCC(=O)N1[C@H](C(=O)NCc1ccccc1F)CS2. The smallest absolute Gasteiger partial charge is 0.243 e. The number of rotatable bonds is 3. The molecular weight excluding hydrogens is 291 g/mol. The zero-order valence-electron chi connectivity index (χ0n) is 11.8. The number of amides is 2. The molecular formula is C15H17FN2O2S. The van der Waals surface area contributed by atoms with E-state index in [0.29, 0.717) is 17.7 Å². The van der Waals surface area contributed by atoms with E-state index in [-0.39, 0.29) is 29.0 Å². The van der Waals surface area contributed by atoms with Gasteiger partial charge in [0.15, 0.2) is 0 Å². The molecule has 0 bridgehead atoms. The first-order valence-electron chi connectivity index (χ1n) is 6.98. The number of fused-ring (bicyclic) bond motifs is 1. The topological polar surface area (TPSA) is 49.4 Å². The largest absolute Gasteiger partial charge is 0.350 e. The van der Waals surface area contributed by atoms with Gasteiger partial charge in [-0.05, 0) is 19.4 Å². The molecule has 1 aromatic carbocycles. The average molecular weight is 308 g/mol. The van der Waals surface area contributed by atoms with Gasteiger partial charge in [0.25, 0.3) is 0 Å². The van der Waals surface area contributed by atoms with Gasteiger partial charge < -0.3 is 10.2 Å². The molecule has 2 aliphatic rings. The summed E-state index contributed by atoms with van der Waals surface area (Å²) in [6.07, 6.45) is 1.29. The Hall–Kier alpha value is -1.56. The van der Waals surface area contributed by atoms with E-state index in [1.165, 1.54) is 6.07 Å². The Morgan fingerprint density at radius 3 is 3.05 bits per heavy atom. The number of hydrogen-bond donors (Lipinski definition) is 1. The summed E-state index contributed by atoms with van der Waals surface area (Å²) < 4.78 is 13.5. The van der Waals surface area contributed by atoms with Gasteiger partial charge in [0.05, 0.1) is 4.87 Å². The normalized spacial score (nSPS) is 27.8. The van der Waals surface area contributed by atoms with Crippen molar-refractivity contribution in [1.29, 1.82) is 0 Å². The van der Waals surface area contributed by atoms with E-state index in [9.17, 15) is 14.0 Å². The fourth-order valence-corrected chi connectivity index (χ4v) is 4.39. The van der Waals surface area contributed by atoms with E-state index in [1.54, 1.807) is 34.9 Å². The van der Waals surface area contributed by atoms with Crippen molar-refractivity contribution in [1.82, 2.24) is 10.2 Å². The molecule has 2 fully saturated rings. The summed E-state index contributed by atoms with van der Waals surface area (Å²) in [5, 5.41) is 2.75. The van der Waals surface area contributed by atoms with Gasteiger partial charge >= 0.3 is 0 Å². The summed E-state index contributed by atoms with van der Waals surface area (Å²) in [5.41, 5.74) is 0.451. The number of carbonyl (C=O) groups excluding carboxylic acids is 2. The van der Waals surface area contributed by atoms with Crippen LogP contribution in [0.15, 0.2) is 24.3 Å². The van der Waals surface area contributed by atoms with Crippen molar-refractivity contribution in [3.05, 3.63) is 35.6 Å². The Balaban J connectivity index is 1.67. The molecule has 0 saturated carbocycles. The van der Waals surface area contributed by atoms with Gasteiger partial charge in [-0.25, -0.2) is 4.39 Å². The number of nitrogens with one attached hydrogen (secondary N) is 1. The highest BCUT2D eigenvalue weighted by molar-refractivity contribution is 8.01. The third-order valence-electron chi connectivity index (χ3n) is 4.16. The van der Waals surface area contributed by atoms with Crippen LogP contribution in [0.2, 0.25) is 0 Å². The monoisotopic (exact) mass is 308 g/mol. The van der Waals surface area contributed by atoms with Crippen LogP contribution < -0.4 is 5.32 Å². The first-order valence-corrected chi connectivity index (χ1v) is 7.97. The fraction of sp³-hybridized carbons (Fsp3) is 0.467. The predicted octanol–water partition coefficient (Wildman–Crippen LogP) is 1.90. The molecule has 0 spiro atoms. The molecule has 112 valence electrons. The van der Waals surface area contributed by atoms with E-state index in [4.69, 9.17) is 0 Å². The molecule has 2 saturated heterocycles. The molecule has 4 nitrogen and oxygen atoms in total. The van der Waals surface area contributed by atoms with Crippen LogP contribution in [-0.4, -0.2) is 33.4 Å². The standard InChI is InChI=1S/C15H17FN2O2S/c1-15-7-6-13(19)18(15)12(9-21-15)14(20)17-8-10-4-2-3-5-11(10)16/h2-5,12H,6-9H2,1H3,(H,17,20)/t12-,15-/m0/s1. The third-order valence-corrected chi connectivity index (χ3v) is 5.66. The highest BCUT2D eigenvalue weighted by Gasteiger charge is 2.52.